The minimum Gasteiger partial charge on any atom is -0.495 e. The molecule has 0 radical (unpaired) electrons. The van der Waals surface area contributed by atoms with Crippen molar-refractivity contribution in [2.24, 2.45) is 4.99 Å². The molecule has 5 rings (SSSR count). The van der Waals surface area contributed by atoms with Crippen molar-refractivity contribution in [1.82, 2.24) is 14.7 Å². The normalized spacial score (nSPS) is 22.1. The molecule has 0 N–H and O–H groups in total. The quantitative estimate of drug-likeness (QED) is 0.634. The summed E-state index contributed by atoms with van der Waals surface area (Å²) in [6, 6.07) is 12.9. The van der Waals surface area contributed by atoms with Crippen molar-refractivity contribution in [2.75, 3.05) is 19.1 Å². The Morgan fingerprint density at radius 2 is 1.86 bits per heavy atom. The minimum atomic E-state index is -0.876. The topological polar surface area (TPSA) is 85.8 Å². The molecule has 9 nitrogen and oxygen atoms in total. The Balaban J connectivity index is 1.62. The molecule has 3 aliphatic rings. The summed E-state index contributed by atoms with van der Waals surface area (Å²) >= 11 is 6.45. The average Bonchev–Trinajstić information content (AvgIpc) is 3.39. The number of hydrogen-bond acceptors (Lipinski definition) is 7. The van der Waals surface area contributed by atoms with Crippen LogP contribution in [-0.2, 0) is 9.59 Å². The number of carbonyl (C=O) groups is 3. The lowest BCUT2D eigenvalue weighted by Crippen LogP contribution is -2.66. The number of guanidine groups is 1. The second-order valence-electron chi connectivity index (χ2n) is 8.62. The number of imide groups is 1. The van der Waals surface area contributed by atoms with Crippen LogP contribution in [0, 0.1) is 0 Å². The number of benzene rings is 2. The number of hydrogen-bond donors (Lipinski definition) is 0. The number of halogens is 1. The number of urea groups is 1. The third-order valence-electron chi connectivity index (χ3n) is 6.60. The molecule has 3 amide bonds. The maximum Gasteiger partial charge on any atom is 0.328 e. The highest BCUT2D eigenvalue weighted by Gasteiger charge is 2.56. The zero-order valence-electron chi connectivity index (χ0n) is 19.7. The zero-order chi connectivity index (χ0) is 25.0. The summed E-state index contributed by atoms with van der Waals surface area (Å²) in [4.78, 5) is 49.6. The summed E-state index contributed by atoms with van der Waals surface area (Å²) in [7, 11) is 3.14. The van der Waals surface area contributed by atoms with Crippen LogP contribution in [0.5, 0.6) is 5.75 Å². The molecular formula is C25H24ClN5O4. The van der Waals surface area contributed by atoms with Crippen LogP contribution >= 0.6 is 11.6 Å². The Morgan fingerprint density at radius 3 is 2.49 bits per heavy atom. The molecule has 10 heteroatoms. The average molecular weight is 494 g/mol. The van der Waals surface area contributed by atoms with Crippen LogP contribution in [0.4, 0.5) is 10.5 Å². The number of fused-ring (bicyclic) bond motifs is 3. The number of anilines is 1. The lowest BCUT2D eigenvalue weighted by molar-refractivity contribution is -0.142. The molecule has 3 atom stereocenters. The molecule has 35 heavy (non-hydrogen) atoms. The van der Waals surface area contributed by atoms with E-state index in [1.807, 2.05) is 47.5 Å². The van der Waals surface area contributed by atoms with Crippen molar-refractivity contribution in [3.8, 4) is 5.75 Å². The Kier molecular flexibility index (Phi) is 5.52. The largest absolute Gasteiger partial charge is 0.495 e. The number of aliphatic imine (C=N–C) groups is 1. The number of Topliss-reactive ketones (excluding diaryl/α,β-unsaturated/α-hetero) is 1. The molecule has 0 aromatic heterocycles. The minimum absolute atomic E-state index is 0.269. The summed E-state index contributed by atoms with van der Waals surface area (Å²) in [6.45, 7) is 2.93. The smallest absolute Gasteiger partial charge is 0.328 e. The van der Waals surface area contributed by atoms with Crippen molar-refractivity contribution < 1.29 is 19.1 Å². The van der Waals surface area contributed by atoms with Crippen LogP contribution in [0.15, 0.2) is 59.7 Å². The van der Waals surface area contributed by atoms with Crippen LogP contribution in [0.25, 0.3) is 5.70 Å². The number of ether oxygens (including phenoxy) is 1. The maximum atomic E-state index is 13.6. The number of likely N-dealkylation sites (N-methyl/N-ethyl adjacent to an activating group) is 1. The molecule has 1 saturated heterocycles. The van der Waals surface area contributed by atoms with Crippen LogP contribution in [0.1, 0.15) is 19.4 Å². The molecule has 3 heterocycles. The molecule has 2 aromatic carbocycles. The molecule has 180 valence electrons. The predicted molar refractivity (Wildman–Crippen MR) is 132 cm³/mol. The third kappa shape index (κ3) is 3.46. The fourth-order valence-electron chi connectivity index (χ4n) is 4.60. The van der Waals surface area contributed by atoms with Gasteiger partial charge in [-0.1, -0.05) is 41.9 Å². The highest BCUT2D eigenvalue weighted by Crippen LogP contribution is 2.41. The summed E-state index contributed by atoms with van der Waals surface area (Å²) in [5.74, 6) is 0.297. The molecule has 3 unspecified atom stereocenters. The number of amides is 3. The van der Waals surface area contributed by atoms with E-state index in [4.69, 9.17) is 21.3 Å². The van der Waals surface area contributed by atoms with Gasteiger partial charge in [-0.05, 0) is 32.0 Å². The number of methoxy groups -OCH3 is 1. The first kappa shape index (κ1) is 22.9. The molecule has 3 aliphatic heterocycles. The van der Waals surface area contributed by atoms with Crippen LogP contribution in [0.3, 0.4) is 0 Å². The van der Waals surface area contributed by atoms with Gasteiger partial charge in [0, 0.05) is 18.8 Å². The van der Waals surface area contributed by atoms with Gasteiger partial charge >= 0.3 is 6.03 Å². The van der Waals surface area contributed by atoms with Crippen LogP contribution in [-0.4, -0.2) is 70.8 Å². The SMILES string of the molecule is COc1ccc(N2C(c3ccccc3)=CN3C2=NC2C3C(=O)N(C(C)C(C)=O)C(=O)N2C)cc1Cl. The molecule has 1 fully saturated rings. The van der Waals surface area contributed by atoms with Gasteiger partial charge in [0.2, 0.25) is 5.96 Å². The van der Waals surface area contributed by atoms with Gasteiger partial charge in [-0.25, -0.2) is 9.79 Å². The second-order valence-corrected chi connectivity index (χ2v) is 9.02. The van der Waals surface area contributed by atoms with Crippen LogP contribution < -0.4 is 9.64 Å². The fraction of sp³-hybridized carbons (Fsp3) is 0.280. The summed E-state index contributed by atoms with van der Waals surface area (Å²) in [6.07, 6.45) is 1.12. The van der Waals surface area contributed by atoms with Crippen molar-refractivity contribution >= 4 is 46.7 Å². The highest BCUT2D eigenvalue weighted by molar-refractivity contribution is 6.32. The first-order valence-electron chi connectivity index (χ1n) is 11.1. The summed E-state index contributed by atoms with van der Waals surface area (Å²) < 4.78 is 5.30. The first-order chi connectivity index (χ1) is 16.7. The van der Waals surface area contributed by atoms with Crippen LogP contribution in [0.2, 0.25) is 5.02 Å². The summed E-state index contributed by atoms with van der Waals surface area (Å²) in [5.41, 5.74) is 2.43. The number of rotatable bonds is 5. The number of nitrogens with zero attached hydrogens (tertiary/aromatic N) is 5. The van der Waals surface area contributed by atoms with Gasteiger partial charge in [-0.3, -0.25) is 24.3 Å². The van der Waals surface area contributed by atoms with E-state index in [2.05, 4.69) is 0 Å². The molecule has 0 spiro atoms. The van der Waals surface area contributed by atoms with E-state index in [1.54, 1.807) is 38.1 Å². The van der Waals surface area contributed by atoms with Gasteiger partial charge < -0.3 is 9.64 Å². The molecule has 0 bridgehead atoms. The van der Waals surface area contributed by atoms with E-state index in [1.165, 1.54) is 11.8 Å². The third-order valence-corrected chi connectivity index (χ3v) is 6.89. The number of ketones is 1. The van der Waals surface area contributed by atoms with Gasteiger partial charge in [0.25, 0.3) is 5.91 Å². The van der Waals surface area contributed by atoms with Crippen molar-refractivity contribution in [1.29, 1.82) is 0 Å². The van der Waals surface area contributed by atoms with Gasteiger partial charge in [-0.2, -0.15) is 0 Å². The monoisotopic (exact) mass is 493 g/mol. The van der Waals surface area contributed by atoms with Gasteiger partial charge in [0.15, 0.2) is 18.0 Å². The van der Waals surface area contributed by atoms with Crippen molar-refractivity contribution in [2.45, 2.75) is 32.1 Å². The summed E-state index contributed by atoms with van der Waals surface area (Å²) in [5, 5.41) is 0.428. The van der Waals surface area contributed by atoms with E-state index in [0.717, 1.165) is 21.8 Å². The lowest BCUT2D eigenvalue weighted by Gasteiger charge is -2.41. The Hall–Kier alpha value is -3.85. The maximum absolute atomic E-state index is 13.6. The molecule has 2 aromatic rings. The second kappa shape index (κ2) is 8.42. The first-order valence-corrected chi connectivity index (χ1v) is 11.5. The lowest BCUT2D eigenvalue weighted by atomic mass is 10.1. The van der Waals surface area contributed by atoms with Crippen molar-refractivity contribution in [3.05, 3.63) is 65.3 Å². The fourth-order valence-corrected chi connectivity index (χ4v) is 4.85. The van der Waals surface area contributed by atoms with Gasteiger partial charge in [-0.15, -0.1) is 0 Å². The van der Waals surface area contributed by atoms with E-state index < -0.39 is 30.2 Å². The Bertz CT molecular complexity index is 1290. The Morgan fingerprint density at radius 1 is 1.14 bits per heavy atom. The van der Waals surface area contributed by atoms with E-state index in [9.17, 15) is 14.4 Å². The zero-order valence-corrected chi connectivity index (χ0v) is 20.4. The van der Waals surface area contributed by atoms with Gasteiger partial charge in [0.05, 0.1) is 29.6 Å². The van der Waals surface area contributed by atoms with E-state index in [-0.39, 0.29) is 5.78 Å². The predicted octanol–water partition coefficient (Wildman–Crippen LogP) is 3.41. The van der Waals surface area contributed by atoms with Gasteiger partial charge in [0.1, 0.15) is 5.75 Å². The standard InChI is InChI=1S/C25H24ClN5O4/c1-14(15(2)32)30-23(33)21-22(28(3)25(30)34)27-24-29(21)13-19(16-8-6-5-7-9-16)31(24)17-10-11-20(35-4)18(26)12-17/h5-14,21-22H,1-4H3. The van der Waals surface area contributed by atoms with Crippen molar-refractivity contribution in [3.63, 3.8) is 0 Å². The molecule has 0 saturated carbocycles. The number of carbonyl (C=O) groups excluding carboxylic acids is 3. The molecular weight excluding hydrogens is 470 g/mol. The highest BCUT2D eigenvalue weighted by atomic mass is 35.5. The Labute approximate surface area is 207 Å². The molecule has 0 aliphatic carbocycles. The van der Waals surface area contributed by atoms with E-state index >= 15 is 0 Å². The van der Waals surface area contributed by atoms with E-state index in [0.29, 0.717) is 16.7 Å².